The third-order valence-corrected chi connectivity index (χ3v) is 6.50. The van der Waals surface area contributed by atoms with Gasteiger partial charge in [0.15, 0.2) is 0 Å². The van der Waals surface area contributed by atoms with Crippen molar-refractivity contribution in [2.45, 2.75) is 44.1 Å². The molecule has 3 aromatic rings. The zero-order valence-electron chi connectivity index (χ0n) is 16.9. The van der Waals surface area contributed by atoms with Gasteiger partial charge in [-0.3, -0.25) is 5.43 Å². The maximum Gasteiger partial charge on any atom is 0.102 e. The van der Waals surface area contributed by atoms with E-state index < -0.39 is 0 Å². The Morgan fingerprint density at radius 1 is 1.00 bits per heavy atom. The second-order valence-corrected chi connectivity index (χ2v) is 8.29. The molecule has 1 heterocycles. The highest BCUT2D eigenvalue weighted by Crippen LogP contribution is 2.37. The van der Waals surface area contributed by atoms with Crippen molar-refractivity contribution >= 4 is 33.7 Å². The fourth-order valence-electron chi connectivity index (χ4n) is 4.45. The van der Waals surface area contributed by atoms with Gasteiger partial charge in [-0.15, -0.1) is 0 Å². The van der Waals surface area contributed by atoms with Gasteiger partial charge in [0.2, 0.25) is 0 Å². The summed E-state index contributed by atoms with van der Waals surface area (Å²) >= 11 is 6.08. The Morgan fingerprint density at radius 2 is 1.76 bits per heavy atom. The van der Waals surface area contributed by atoms with E-state index in [9.17, 15) is 0 Å². The van der Waals surface area contributed by atoms with Crippen LogP contribution in [0.5, 0.6) is 0 Å². The van der Waals surface area contributed by atoms with Gasteiger partial charge in [0.05, 0.1) is 5.54 Å². The summed E-state index contributed by atoms with van der Waals surface area (Å²) in [5, 5.41) is 6.04. The van der Waals surface area contributed by atoms with Crippen molar-refractivity contribution < 1.29 is 0 Å². The van der Waals surface area contributed by atoms with E-state index in [2.05, 4.69) is 95.9 Å². The van der Waals surface area contributed by atoms with Crippen LogP contribution in [0.4, 0.5) is 5.69 Å². The Labute approximate surface area is 178 Å². The minimum absolute atomic E-state index is 0.288. The average Bonchev–Trinajstić information content (AvgIpc) is 3.20. The van der Waals surface area contributed by atoms with E-state index in [0.29, 0.717) is 0 Å². The molecule has 2 atom stereocenters. The zero-order chi connectivity index (χ0) is 20.1. The Bertz CT molecular complexity index is 967. The topological polar surface area (TPSA) is 36.1 Å². The van der Waals surface area contributed by atoms with Gasteiger partial charge in [-0.2, -0.15) is 0 Å². The lowest BCUT2D eigenvalue weighted by Crippen LogP contribution is -2.55. The molecule has 0 aliphatic carbocycles. The molecule has 29 heavy (non-hydrogen) atoms. The largest absolute Gasteiger partial charge is 0.348 e. The summed E-state index contributed by atoms with van der Waals surface area (Å²) in [5.41, 5.74) is 9.10. The molecule has 1 fully saturated rings. The molecular weight excluding hydrogens is 374 g/mol. The average molecular weight is 404 g/mol. The highest BCUT2D eigenvalue weighted by atomic mass is 32.1. The maximum atomic E-state index is 6.08. The third kappa shape index (κ3) is 4.06. The number of nitrogens with one attached hydrogen (secondary N) is 3. The lowest BCUT2D eigenvalue weighted by Gasteiger charge is -2.36. The molecule has 4 heteroatoms. The molecule has 150 valence electrons. The van der Waals surface area contributed by atoms with Crippen molar-refractivity contribution in [3.63, 3.8) is 0 Å². The van der Waals surface area contributed by atoms with Crippen molar-refractivity contribution in [3.8, 4) is 0 Å². The van der Waals surface area contributed by atoms with E-state index in [1.807, 2.05) is 0 Å². The van der Waals surface area contributed by atoms with Crippen LogP contribution in [0.2, 0.25) is 0 Å². The molecule has 0 saturated carbocycles. The first-order chi connectivity index (χ1) is 14.2. The van der Waals surface area contributed by atoms with E-state index in [0.717, 1.165) is 30.1 Å². The fraction of sp³-hybridized carbons (Fsp3) is 0.320. The number of benzene rings is 3. The van der Waals surface area contributed by atoms with Crippen molar-refractivity contribution in [2.75, 3.05) is 11.9 Å². The summed E-state index contributed by atoms with van der Waals surface area (Å²) in [6.07, 6.45) is 4.56. The molecule has 1 aliphatic heterocycles. The van der Waals surface area contributed by atoms with E-state index >= 15 is 0 Å². The molecule has 0 bridgehead atoms. The third-order valence-electron chi connectivity index (χ3n) is 6.03. The molecule has 3 nitrogen and oxygen atoms in total. The molecular formula is C25H29N3S. The summed E-state index contributed by atoms with van der Waals surface area (Å²) in [7, 11) is 0. The van der Waals surface area contributed by atoms with Crippen molar-refractivity contribution in [1.29, 1.82) is 0 Å². The number of rotatable bonds is 7. The van der Waals surface area contributed by atoms with E-state index in [1.165, 1.54) is 29.2 Å². The van der Waals surface area contributed by atoms with Gasteiger partial charge in [0.1, 0.15) is 4.99 Å². The Morgan fingerprint density at radius 3 is 2.59 bits per heavy atom. The van der Waals surface area contributed by atoms with Gasteiger partial charge in [-0.05, 0) is 23.4 Å². The van der Waals surface area contributed by atoms with Crippen LogP contribution < -0.4 is 16.2 Å². The maximum absolute atomic E-state index is 6.08. The summed E-state index contributed by atoms with van der Waals surface area (Å²) in [5.74, 6) is 0.288. The Balaban J connectivity index is 1.68. The van der Waals surface area contributed by atoms with E-state index in [4.69, 9.17) is 12.2 Å². The van der Waals surface area contributed by atoms with Gasteiger partial charge in [0.25, 0.3) is 0 Å². The standard InChI is InChI=1S/C25H29N3S/c1-2-3-9-17-25(22(18-26-28-25)20-12-5-4-6-13-20)24(29)27-23-16-10-14-19-11-7-8-15-21(19)23/h4-8,10-16,22,26,28H,2-3,9,17-18H2,1H3,(H,27,29). The molecule has 3 N–H and O–H groups in total. The molecule has 0 aromatic heterocycles. The predicted molar refractivity (Wildman–Crippen MR) is 127 cm³/mol. The number of thiocarbonyl (C=S) groups is 1. The van der Waals surface area contributed by atoms with Crippen LogP contribution in [-0.4, -0.2) is 17.1 Å². The van der Waals surface area contributed by atoms with Crippen molar-refractivity contribution in [3.05, 3.63) is 78.4 Å². The van der Waals surface area contributed by atoms with Crippen LogP contribution in [-0.2, 0) is 0 Å². The monoisotopic (exact) mass is 403 g/mol. The molecule has 1 aliphatic rings. The first-order valence-electron chi connectivity index (χ1n) is 10.6. The summed E-state index contributed by atoms with van der Waals surface area (Å²) in [6, 6.07) is 25.5. The number of unbranched alkanes of at least 4 members (excludes halogenated alkanes) is 2. The predicted octanol–water partition coefficient (Wildman–Crippen LogP) is 5.79. The summed E-state index contributed by atoms with van der Waals surface area (Å²) in [6.45, 7) is 3.11. The van der Waals surface area contributed by atoms with Crippen molar-refractivity contribution in [2.24, 2.45) is 0 Å². The molecule has 0 amide bonds. The lowest BCUT2D eigenvalue weighted by atomic mass is 9.77. The van der Waals surface area contributed by atoms with E-state index in [-0.39, 0.29) is 11.5 Å². The van der Waals surface area contributed by atoms with Gasteiger partial charge in [-0.25, -0.2) is 5.43 Å². The number of fused-ring (bicyclic) bond motifs is 1. The highest BCUT2D eigenvalue weighted by molar-refractivity contribution is 7.80. The highest BCUT2D eigenvalue weighted by Gasteiger charge is 2.46. The molecule has 2 unspecified atom stereocenters. The minimum Gasteiger partial charge on any atom is -0.348 e. The fourth-order valence-corrected chi connectivity index (χ4v) is 4.85. The van der Waals surface area contributed by atoms with Crippen LogP contribution in [0, 0.1) is 0 Å². The molecule has 3 aromatic carbocycles. The molecule has 0 spiro atoms. The number of hydrogen-bond acceptors (Lipinski definition) is 3. The van der Waals surface area contributed by atoms with Crippen molar-refractivity contribution in [1.82, 2.24) is 10.9 Å². The number of hydrogen-bond donors (Lipinski definition) is 3. The first kappa shape index (κ1) is 20.0. The number of anilines is 1. The smallest absolute Gasteiger partial charge is 0.102 e. The molecule has 0 radical (unpaired) electrons. The van der Waals surface area contributed by atoms with Crippen LogP contribution in [0.3, 0.4) is 0 Å². The van der Waals surface area contributed by atoms with Crippen LogP contribution in [0.1, 0.15) is 44.1 Å². The van der Waals surface area contributed by atoms with Crippen LogP contribution in [0.25, 0.3) is 10.8 Å². The molecule has 1 saturated heterocycles. The normalized spacial score (nSPS) is 21.3. The second-order valence-electron chi connectivity index (χ2n) is 7.88. The van der Waals surface area contributed by atoms with E-state index in [1.54, 1.807) is 0 Å². The van der Waals surface area contributed by atoms with Crippen LogP contribution >= 0.6 is 12.2 Å². The first-order valence-corrected chi connectivity index (χ1v) is 11.0. The van der Waals surface area contributed by atoms with Gasteiger partial charge in [-0.1, -0.05) is 105 Å². The van der Waals surface area contributed by atoms with Gasteiger partial charge < -0.3 is 5.32 Å². The Hall–Kier alpha value is -2.27. The zero-order valence-corrected chi connectivity index (χ0v) is 17.8. The van der Waals surface area contributed by atoms with Gasteiger partial charge >= 0.3 is 0 Å². The number of hydrazine groups is 1. The summed E-state index contributed by atoms with van der Waals surface area (Å²) < 4.78 is 0. The summed E-state index contributed by atoms with van der Waals surface area (Å²) in [4.78, 5) is 0.865. The van der Waals surface area contributed by atoms with Crippen LogP contribution in [0.15, 0.2) is 72.8 Å². The molecule has 4 rings (SSSR count). The second kappa shape index (κ2) is 9.04. The van der Waals surface area contributed by atoms with Gasteiger partial charge in [0, 0.05) is 23.5 Å². The quantitative estimate of drug-likeness (QED) is 0.345. The SMILES string of the molecule is CCCCCC1(C(=S)Nc2cccc3ccccc23)NNCC1c1ccccc1. The Kier molecular flexibility index (Phi) is 6.24. The minimum atomic E-state index is -0.303. The lowest BCUT2D eigenvalue weighted by molar-refractivity contribution is 0.396.